The van der Waals surface area contributed by atoms with Crippen LogP contribution in [0.2, 0.25) is 0 Å². The van der Waals surface area contributed by atoms with Gasteiger partial charge in [0.15, 0.2) is 5.82 Å². The summed E-state index contributed by atoms with van der Waals surface area (Å²) in [6.45, 7) is 4.64. The van der Waals surface area contributed by atoms with E-state index in [0.29, 0.717) is 29.3 Å². The zero-order valence-corrected chi connectivity index (χ0v) is 19.9. The summed E-state index contributed by atoms with van der Waals surface area (Å²) in [5.41, 5.74) is 3.09. The third kappa shape index (κ3) is 4.59. The van der Waals surface area contributed by atoms with Gasteiger partial charge in [0.1, 0.15) is 17.8 Å². The number of halogens is 1. The Bertz CT molecular complexity index is 1400. The molecule has 2 aromatic carbocycles. The molecule has 0 saturated heterocycles. The maximum Gasteiger partial charge on any atom is 0.276 e. The van der Waals surface area contributed by atoms with Gasteiger partial charge < -0.3 is 10.2 Å². The first kappa shape index (κ1) is 23.3. The zero-order chi connectivity index (χ0) is 25.2. The third-order valence-corrected chi connectivity index (χ3v) is 6.18. The molecule has 1 N–H and O–H groups in total. The Hall–Kier alpha value is -4.40. The second kappa shape index (κ2) is 9.69. The fourth-order valence-electron chi connectivity index (χ4n) is 4.22. The van der Waals surface area contributed by atoms with Gasteiger partial charge in [-0.15, -0.1) is 0 Å². The van der Waals surface area contributed by atoms with Crippen LogP contribution in [0.25, 0.3) is 0 Å². The molecule has 0 bridgehead atoms. The lowest BCUT2D eigenvalue weighted by Crippen LogP contribution is -2.30. The smallest absolute Gasteiger partial charge is 0.276 e. The van der Waals surface area contributed by atoms with Gasteiger partial charge in [0.25, 0.3) is 11.8 Å². The minimum atomic E-state index is -0.326. The summed E-state index contributed by atoms with van der Waals surface area (Å²) >= 11 is 0. The summed E-state index contributed by atoms with van der Waals surface area (Å²) in [6, 6.07) is 16.6. The van der Waals surface area contributed by atoms with Crippen molar-refractivity contribution in [2.75, 3.05) is 11.4 Å². The predicted molar refractivity (Wildman–Crippen MR) is 132 cm³/mol. The molecule has 36 heavy (non-hydrogen) atoms. The zero-order valence-electron chi connectivity index (χ0n) is 19.9. The Morgan fingerprint density at radius 2 is 1.89 bits per heavy atom. The third-order valence-electron chi connectivity index (χ3n) is 6.18. The molecule has 9 heteroatoms. The van der Waals surface area contributed by atoms with Crippen LogP contribution in [-0.4, -0.2) is 38.1 Å². The fourth-order valence-corrected chi connectivity index (χ4v) is 4.22. The number of benzene rings is 2. The molecule has 8 nitrogen and oxygen atoms in total. The summed E-state index contributed by atoms with van der Waals surface area (Å²) in [4.78, 5) is 36.6. The highest BCUT2D eigenvalue weighted by Gasteiger charge is 2.37. The molecule has 0 fully saturated rings. The number of aromatic nitrogens is 4. The van der Waals surface area contributed by atoms with Gasteiger partial charge in [-0.1, -0.05) is 18.2 Å². The van der Waals surface area contributed by atoms with E-state index < -0.39 is 0 Å². The van der Waals surface area contributed by atoms with E-state index in [-0.39, 0.29) is 36.1 Å². The summed E-state index contributed by atoms with van der Waals surface area (Å²) in [5, 5.41) is 7.51. The second-order valence-corrected chi connectivity index (χ2v) is 8.94. The van der Waals surface area contributed by atoms with Gasteiger partial charge in [0.2, 0.25) is 0 Å². The van der Waals surface area contributed by atoms with Gasteiger partial charge in [0.05, 0.1) is 5.92 Å². The van der Waals surface area contributed by atoms with Gasteiger partial charge in [-0.05, 0) is 67.4 Å². The number of rotatable bonds is 6. The number of hydrogen-bond donors (Lipinski definition) is 1. The quantitative estimate of drug-likeness (QED) is 0.445. The van der Waals surface area contributed by atoms with Crippen molar-refractivity contribution in [3.05, 3.63) is 107 Å². The van der Waals surface area contributed by atoms with Gasteiger partial charge >= 0.3 is 0 Å². The molecule has 1 aliphatic heterocycles. The summed E-state index contributed by atoms with van der Waals surface area (Å²) < 4.78 is 14.9. The number of pyridine rings is 1. The van der Waals surface area contributed by atoms with Crippen molar-refractivity contribution in [3.8, 4) is 0 Å². The first-order valence-electron chi connectivity index (χ1n) is 11.7. The number of carbonyl (C=O) groups excluding carboxylic acids is 2. The molecule has 2 aromatic heterocycles. The van der Waals surface area contributed by atoms with Crippen molar-refractivity contribution in [1.29, 1.82) is 0 Å². The summed E-state index contributed by atoms with van der Waals surface area (Å²) in [5.74, 6) is -0.525. The number of carbonyl (C=O) groups is 2. The van der Waals surface area contributed by atoms with Crippen LogP contribution in [0.15, 0.2) is 73.2 Å². The van der Waals surface area contributed by atoms with Crippen LogP contribution in [0, 0.1) is 5.82 Å². The molecule has 182 valence electrons. The maximum absolute atomic E-state index is 13.3. The van der Waals surface area contributed by atoms with Crippen LogP contribution >= 0.6 is 0 Å². The number of anilines is 1. The molecular weight excluding hydrogens is 459 g/mol. The van der Waals surface area contributed by atoms with E-state index in [9.17, 15) is 14.0 Å². The van der Waals surface area contributed by atoms with Crippen LogP contribution in [-0.2, 0) is 6.54 Å². The molecule has 2 amide bonds. The predicted octanol–water partition coefficient (Wildman–Crippen LogP) is 4.12. The van der Waals surface area contributed by atoms with Gasteiger partial charge in [-0.2, -0.15) is 5.10 Å². The lowest BCUT2D eigenvalue weighted by molar-refractivity contribution is 0.0949. The monoisotopic (exact) mass is 484 g/mol. The normalized spacial score (nSPS) is 14.7. The minimum absolute atomic E-state index is 0.141. The van der Waals surface area contributed by atoms with Crippen molar-refractivity contribution < 1.29 is 14.0 Å². The van der Waals surface area contributed by atoms with Crippen molar-refractivity contribution in [2.24, 2.45) is 0 Å². The first-order chi connectivity index (χ1) is 17.4. The number of fused-ring (bicyclic) bond motifs is 1. The molecule has 4 aromatic rings. The molecule has 0 unspecified atom stereocenters. The van der Waals surface area contributed by atoms with E-state index in [1.54, 1.807) is 70.6 Å². The van der Waals surface area contributed by atoms with Gasteiger partial charge in [0, 0.05) is 36.6 Å². The molecular formula is C27H25FN6O2. The molecule has 0 spiro atoms. The lowest BCUT2D eigenvalue weighted by Gasteiger charge is -2.17. The molecule has 0 saturated carbocycles. The Morgan fingerprint density at radius 3 is 2.58 bits per heavy atom. The summed E-state index contributed by atoms with van der Waals surface area (Å²) in [6.07, 6.45) is 3.27. The topological polar surface area (TPSA) is 93.0 Å². The van der Waals surface area contributed by atoms with Crippen LogP contribution < -0.4 is 10.2 Å². The van der Waals surface area contributed by atoms with E-state index >= 15 is 0 Å². The van der Waals surface area contributed by atoms with Crippen LogP contribution in [0.5, 0.6) is 0 Å². The highest BCUT2D eigenvalue weighted by molar-refractivity contribution is 6.07. The van der Waals surface area contributed by atoms with Crippen LogP contribution in [0.4, 0.5) is 10.1 Å². The number of nitrogens with zero attached hydrogens (tertiary/aromatic N) is 5. The first-order valence-corrected chi connectivity index (χ1v) is 11.7. The van der Waals surface area contributed by atoms with Crippen LogP contribution in [0.1, 0.15) is 63.6 Å². The largest absolute Gasteiger partial charge is 0.348 e. The standard InChI is InChI=1S/C27H25FN6O2/c1-17(2)34-16-31-25(32-34)22-15-33(27(36)23-5-3-4-12-29-23)24-11-8-19(13-21(22)24)26(35)30-14-18-6-9-20(28)10-7-18/h3-13,16-17,22H,14-15H2,1-2H3,(H,30,35)/t22-/m1/s1. The number of amides is 2. The van der Waals surface area contributed by atoms with Gasteiger partial charge in [-0.3, -0.25) is 19.3 Å². The van der Waals surface area contributed by atoms with Crippen molar-refractivity contribution >= 4 is 17.5 Å². The molecule has 0 radical (unpaired) electrons. The van der Waals surface area contributed by atoms with E-state index in [0.717, 1.165) is 11.1 Å². The average Bonchev–Trinajstić information content (AvgIpc) is 3.53. The van der Waals surface area contributed by atoms with E-state index in [1.807, 2.05) is 13.8 Å². The van der Waals surface area contributed by atoms with Crippen molar-refractivity contribution in [2.45, 2.75) is 32.4 Å². The second-order valence-electron chi connectivity index (χ2n) is 8.94. The van der Waals surface area contributed by atoms with E-state index in [2.05, 4.69) is 20.4 Å². The minimum Gasteiger partial charge on any atom is -0.348 e. The van der Waals surface area contributed by atoms with Gasteiger partial charge in [-0.25, -0.2) is 9.37 Å². The van der Waals surface area contributed by atoms with Crippen molar-refractivity contribution in [1.82, 2.24) is 25.1 Å². The fraction of sp³-hybridized carbons (Fsp3) is 0.222. The highest BCUT2D eigenvalue weighted by atomic mass is 19.1. The Balaban J connectivity index is 1.45. The van der Waals surface area contributed by atoms with E-state index in [4.69, 9.17) is 0 Å². The molecule has 1 aliphatic rings. The maximum atomic E-state index is 13.3. The Kier molecular flexibility index (Phi) is 6.28. The molecule has 5 rings (SSSR count). The number of nitrogens with one attached hydrogen (secondary N) is 1. The highest BCUT2D eigenvalue weighted by Crippen LogP contribution is 2.40. The van der Waals surface area contributed by atoms with Crippen molar-refractivity contribution in [3.63, 3.8) is 0 Å². The summed E-state index contributed by atoms with van der Waals surface area (Å²) in [7, 11) is 0. The lowest BCUT2D eigenvalue weighted by atomic mass is 9.98. The molecule has 3 heterocycles. The van der Waals surface area contributed by atoms with E-state index in [1.165, 1.54) is 12.1 Å². The number of hydrogen-bond acceptors (Lipinski definition) is 5. The molecule has 1 atom stereocenters. The average molecular weight is 485 g/mol. The van der Waals surface area contributed by atoms with Crippen LogP contribution in [0.3, 0.4) is 0 Å². The Labute approximate surface area is 207 Å². The Morgan fingerprint density at radius 1 is 1.08 bits per heavy atom. The SMILES string of the molecule is CC(C)n1cnc([C@@H]2CN(C(=O)c3ccccn3)c3ccc(C(=O)NCc4ccc(F)cc4)cc32)n1. The molecule has 0 aliphatic carbocycles.